The van der Waals surface area contributed by atoms with E-state index in [0.717, 1.165) is 25.3 Å². The highest BCUT2D eigenvalue weighted by Gasteiger charge is 2.36. The summed E-state index contributed by atoms with van der Waals surface area (Å²) in [7, 11) is 0. The molecule has 0 saturated carbocycles. The average molecular weight is 289 g/mol. The minimum atomic E-state index is -4.52. The van der Waals surface area contributed by atoms with Crippen molar-refractivity contribution in [3.63, 3.8) is 0 Å². The van der Waals surface area contributed by atoms with E-state index in [1.807, 2.05) is 18.7 Å². The van der Waals surface area contributed by atoms with E-state index in [4.69, 9.17) is 5.84 Å². The lowest BCUT2D eigenvalue weighted by atomic mass is 10.1. The normalized spacial score (nSPS) is 23.2. The van der Waals surface area contributed by atoms with E-state index in [2.05, 4.69) is 15.4 Å². The molecule has 1 saturated heterocycles. The zero-order valence-electron chi connectivity index (χ0n) is 11.4. The Morgan fingerprint density at radius 2 is 2.10 bits per heavy atom. The Kier molecular flexibility index (Phi) is 4.03. The van der Waals surface area contributed by atoms with E-state index >= 15 is 0 Å². The third-order valence-corrected chi connectivity index (χ3v) is 3.65. The summed E-state index contributed by atoms with van der Waals surface area (Å²) in [5.74, 6) is 5.23. The standard InChI is InChI=1S/C12H18F3N5/c1-3-8-5-4-7(2)20(8)10-6-9(12(13,14)15)17-11(18-10)19-16/h6-8H,3-5,16H2,1-2H3,(H,17,18,19). The number of nitrogens with zero attached hydrogens (tertiary/aromatic N) is 3. The van der Waals surface area contributed by atoms with Crippen LogP contribution in [-0.4, -0.2) is 22.1 Å². The summed E-state index contributed by atoms with van der Waals surface area (Å²) in [5, 5.41) is 0. The van der Waals surface area contributed by atoms with Gasteiger partial charge >= 0.3 is 6.18 Å². The average Bonchev–Trinajstić information content (AvgIpc) is 2.78. The fraction of sp³-hybridized carbons (Fsp3) is 0.667. The maximum atomic E-state index is 12.9. The molecule has 0 bridgehead atoms. The lowest BCUT2D eigenvalue weighted by Crippen LogP contribution is -2.35. The molecule has 1 aliphatic rings. The van der Waals surface area contributed by atoms with Crippen molar-refractivity contribution in [2.24, 2.45) is 5.84 Å². The predicted octanol–water partition coefficient (Wildman–Crippen LogP) is 2.55. The Hall–Kier alpha value is -1.57. The summed E-state index contributed by atoms with van der Waals surface area (Å²) in [4.78, 5) is 9.37. The summed E-state index contributed by atoms with van der Waals surface area (Å²) < 4.78 is 38.6. The molecule has 5 nitrogen and oxygen atoms in total. The van der Waals surface area contributed by atoms with E-state index in [-0.39, 0.29) is 23.8 Å². The van der Waals surface area contributed by atoms with Crippen LogP contribution in [-0.2, 0) is 6.18 Å². The summed E-state index contributed by atoms with van der Waals surface area (Å²) >= 11 is 0. The number of nitrogens with two attached hydrogens (primary N) is 1. The first-order chi connectivity index (χ1) is 9.36. The third kappa shape index (κ3) is 2.79. The van der Waals surface area contributed by atoms with Gasteiger partial charge in [-0.1, -0.05) is 6.92 Å². The molecule has 20 heavy (non-hydrogen) atoms. The third-order valence-electron chi connectivity index (χ3n) is 3.65. The second-order valence-electron chi connectivity index (χ2n) is 4.97. The highest BCUT2D eigenvalue weighted by molar-refractivity contribution is 5.48. The topological polar surface area (TPSA) is 67.1 Å². The van der Waals surface area contributed by atoms with Gasteiger partial charge in [-0.15, -0.1) is 0 Å². The second kappa shape index (κ2) is 5.43. The van der Waals surface area contributed by atoms with Crippen LogP contribution in [0.25, 0.3) is 0 Å². The number of rotatable bonds is 3. The van der Waals surface area contributed by atoms with Crippen molar-refractivity contribution in [3.8, 4) is 0 Å². The van der Waals surface area contributed by atoms with Crippen molar-refractivity contribution < 1.29 is 13.2 Å². The molecule has 0 radical (unpaired) electrons. The molecule has 2 atom stereocenters. The van der Waals surface area contributed by atoms with Crippen LogP contribution < -0.4 is 16.2 Å². The van der Waals surface area contributed by atoms with Crippen molar-refractivity contribution in [1.82, 2.24) is 9.97 Å². The number of hydrogen-bond acceptors (Lipinski definition) is 5. The molecule has 1 aromatic rings. The van der Waals surface area contributed by atoms with Crippen LogP contribution in [0.4, 0.5) is 24.9 Å². The largest absolute Gasteiger partial charge is 0.433 e. The van der Waals surface area contributed by atoms with Gasteiger partial charge in [0.15, 0.2) is 5.69 Å². The monoisotopic (exact) mass is 289 g/mol. The van der Waals surface area contributed by atoms with Gasteiger partial charge in [-0.05, 0) is 26.2 Å². The lowest BCUT2D eigenvalue weighted by molar-refractivity contribution is -0.141. The quantitative estimate of drug-likeness (QED) is 0.661. The molecule has 3 N–H and O–H groups in total. The molecule has 0 amide bonds. The molecule has 2 heterocycles. The van der Waals surface area contributed by atoms with Crippen molar-refractivity contribution in [2.45, 2.75) is 51.4 Å². The molecule has 1 aliphatic heterocycles. The molecule has 2 unspecified atom stereocenters. The zero-order valence-corrected chi connectivity index (χ0v) is 11.4. The van der Waals surface area contributed by atoms with Crippen LogP contribution in [0.3, 0.4) is 0 Å². The fourth-order valence-corrected chi connectivity index (χ4v) is 2.66. The number of hydrazine groups is 1. The summed E-state index contributed by atoms with van der Waals surface area (Å²) in [6, 6.07) is 1.35. The Bertz CT molecular complexity index is 477. The first-order valence-electron chi connectivity index (χ1n) is 6.58. The molecule has 1 fully saturated rings. The minimum Gasteiger partial charge on any atom is -0.351 e. The van der Waals surface area contributed by atoms with E-state index in [0.29, 0.717) is 0 Å². The molecule has 112 valence electrons. The number of halogens is 3. The summed E-state index contributed by atoms with van der Waals surface area (Å²) in [6.45, 7) is 4.00. The highest BCUT2D eigenvalue weighted by atomic mass is 19.4. The number of alkyl halides is 3. The molecular formula is C12H18F3N5. The first kappa shape index (κ1) is 14.8. The van der Waals surface area contributed by atoms with E-state index in [1.54, 1.807) is 0 Å². The van der Waals surface area contributed by atoms with Gasteiger partial charge in [-0.2, -0.15) is 18.2 Å². The molecule has 0 spiro atoms. The first-order valence-corrected chi connectivity index (χ1v) is 6.58. The Morgan fingerprint density at radius 3 is 2.65 bits per heavy atom. The maximum Gasteiger partial charge on any atom is 0.433 e. The smallest absolute Gasteiger partial charge is 0.351 e. The second-order valence-corrected chi connectivity index (χ2v) is 4.97. The zero-order chi connectivity index (χ0) is 14.9. The summed E-state index contributed by atoms with van der Waals surface area (Å²) in [5.41, 5.74) is 1.12. The van der Waals surface area contributed by atoms with E-state index < -0.39 is 11.9 Å². The van der Waals surface area contributed by atoms with Crippen molar-refractivity contribution in [1.29, 1.82) is 0 Å². The Balaban J connectivity index is 2.45. The van der Waals surface area contributed by atoms with Crippen LogP contribution in [0.15, 0.2) is 6.07 Å². The van der Waals surface area contributed by atoms with Gasteiger partial charge in [0.2, 0.25) is 5.95 Å². The molecule has 1 aromatic heterocycles. The van der Waals surface area contributed by atoms with E-state index in [9.17, 15) is 13.2 Å². The van der Waals surface area contributed by atoms with Crippen LogP contribution in [0.5, 0.6) is 0 Å². The summed E-state index contributed by atoms with van der Waals surface area (Å²) in [6.07, 6.45) is -1.77. The van der Waals surface area contributed by atoms with Crippen LogP contribution in [0.2, 0.25) is 0 Å². The maximum absolute atomic E-state index is 12.9. The van der Waals surface area contributed by atoms with Gasteiger partial charge in [0.1, 0.15) is 5.82 Å². The minimum absolute atomic E-state index is 0.154. The molecule has 0 aliphatic carbocycles. The Labute approximate surface area is 115 Å². The van der Waals surface area contributed by atoms with Crippen molar-refractivity contribution in [2.75, 3.05) is 10.3 Å². The van der Waals surface area contributed by atoms with Crippen molar-refractivity contribution in [3.05, 3.63) is 11.8 Å². The van der Waals surface area contributed by atoms with E-state index in [1.165, 1.54) is 0 Å². The lowest BCUT2D eigenvalue weighted by Gasteiger charge is -2.29. The molecular weight excluding hydrogens is 271 g/mol. The number of anilines is 2. The predicted molar refractivity (Wildman–Crippen MR) is 70.1 cm³/mol. The molecule has 0 aromatic carbocycles. The van der Waals surface area contributed by atoms with Gasteiger partial charge in [-0.25, -0.2) is 10.8 Å². The fourth-order valence-electron chi connectivity index (χ4n) is 2.66. The number of nitrogens with one attached hydrogen (secondary N) is 1. The van der Waals surface area contributed by atoms with Gasteiger partial charge in [0.05, 0.1) is 0 Å². The SMILES string of the molecule is CCC1CCC(C)N1c1cc(C(F)(F)F)nc(NN)n1. The highest BCUT2D eigenvalue weighted by Crippen LogP contribution is 2.35. The van der Waals surface area contributed by atoms with Gasteiger partial charge in [0.25, 0.3) is 0 Å². The number of aromatic nitrogens is 2. The van der Waals surface area contributed by atoms with Gasteiger partial charge in [-0.3, -0.25) is 5.43 Å². The number of nitrogen functional groups attached to an aromatic ring is 1. The number of hydrogen-bond donors (Lipinski definition) is 2. The van der Waals surface area contributed by atoms with Gasteiger partial charge < -0.3 is 4.90 Å². The molecule has 8 heteroatoms. The van der Waals surface area contributed by atoms with Crippen LogP contribution >= 0.6 is 0 Å². The van der Waals surface area contributed by atoms with Crippen LogP contribution in [0.1, 0.15) is 38.8 Å². The van der Waals surface area contributed by atoms with Crippen molar-refractivity contribution >= 4 is 11.8 Å². The van der Waals surface area contributed by atoms with Crippen LogP contribution in [0, 0.1) is 0 Å². The van der Waals surface area contributed by atoms with Gasteiger partial charge in [0, 0.05) is 18.2 Å². The molecule has 2 rings (SSSR count). The Morgan fingerprint density at radius 1 is 1.40 bits per heavy atom.